The predicted octanol–water partition coefficient (Wildman–Crippen LogP) is 2.56. The number of phenols is 1. The average Bonchev–Trinajstić information content (AvgIpc) is 2.46. The van der Waals surface area contributed by atoms with Crippen LogP contribution in [0.2, 0.25) is 0 Å². The zero-order valence-corrected chi connectivity index (χ0v) is 7.27. The van der Waals surface area contributed by atoms with E-state index in [0.717, 1.165) is 11.3 Å². The Morgan fingerprint density at radius 2 is 2.15 bits per heavy atom. The van der Waals surface area contributed by atoms with E-state index >= 15 is 0 Å². The highest BCUT2D eigenvalue weighted by atomic mass is 32.1. The van der Waals surface area contributed by atoms with Gasteiger partial charge >= 0.3 is 0 Å². The largest absolute Gasteiger partial charge is 0.506 e. The maximum absolute atomic E-state index is 12.8. The number of aldehydes is 1. The van der Waals surface area contributed by atoms with E-state index in [2.05, 4.69) is 0 Å². The van der Waals surface area contributed by atoms with E-state index in [1.165, 1.54) is 12.1 Å². The first kappa shape index (κ1) is 8.19. The molecule has 66 valence electrons. The number of aromatic hydroxyl groups is 1. The van der Waals surface area contributed by atoms with Crippen molar-refractivity contribution in [2.45, 2.75) is 0 Å². The number of phenolic OH excluding ortho intramolecular Hbond substituents is 1. The van der Waals surface area contributed by atoms with Crippen molar-refractivity contribution in [1.82, 2.24) is 0 Å². The Morgan fingerprint density at radius 3 is 2.85 bits per heavy atom. The molecule has 1 heterocycles. The molecule has 0 unspecified atom stereocenters. The molecule has 2 nitrogen and oxygen atoms in total. The molecular formula is C9H5FO2S. The second-order valence-electron chi connectivity index (χ2n) is 2.63. The summed E-state index contributed by atoms with van der Waals surface area (Å²) in [5, 5.41) is 9.57. The summed E-state index contributed by atoms with van der Waals surface area (Å²) in [6, 6.07) is 4.17. The van der Waals surface area contributed by atoms with Crippen LogP contribution in [0.25, 0.3) is 10.1 Å². The molecule has 2 aromatic rings. The van der Waals surface area contributed by atoms with Gasteiger partial charge in [-0.2, -0.15) is 4.39 Å². The molecule has 0 radical (unpaired) electrons. The molecule has 0 saturated heterocycles. The first-order valence-corrected chi connectivity index (χ1v) is 4.39. The highest BCUT2D eigenvalue weighted by Crippen LogP contribution is 2.32. The predicted molar refractivity (Wildman–Crippen MR) is 48.8 cm³/mol. The van der Waals surface area contributed by atoms with Crippen LogP contribution in [0, 0.1) is 5.13 Å². The van der Waals surface area contributed by atoms with Crippen LogP contribution in [0.4, 0.5) is 4.39 Å². The molecular weight excluding hydrogens is 191 g/mol. The lowest BCUT2D eigenvalue weighted by atomic mass is 10.2. The SMILES string of the molecule is O=Cc1cc(O)c2sc(F)cc2c1. The minimum Gasteiger partial charge on any atom is -0.506 e. The van der Waals surface area contributed by atoms with Gasteiger partial charge in [-0.3, -0.25) is 4.79 Å². The standard InChI is InChI=1S/C9H5FO2S/c10-8-3-6-1-5(4-11)2-7(12)9(6)13-8/h1-4,12H. The Bertz CT molecular complexity index is 476. The summed E-state index contributed by atoms with van der Waals surface area (Å²) in [5.41, 5.74) is 0.350. The van der Waals surface area contributed by atoms with E-state index in [1.54, 1.807) is 6.07 Å². The van der Waals surface area contributed by atoms with Gasteiger partial charge < -0.3 is 5.11 Å². The molecule has 0 spiro atoms. The maximum atomic E-state index is 12.8. The van der Waals surface area contributed by atoms with Gasteiger partial charge in [-0.25, -0.2) is 0 Å². The molecule has 1 aromatic heterocycles. The topological polar surface area (TPSA) is 37.3 Å². The van der Waals surface area contributed by atoms with Crippen molar-refractivity contribution in [1.29, 1.82) is 0 Å². The van der Waals surface area contributed by atoms with Crippen molar-refractivity contribution in [3.05, 3.63) is 28.9 Å². The molecule has 1 N–H and O–H groups in total. The van der Waals surface area contributed by atoms with Gasteiger partial charge in [0.15, 0.2) is 5.13 Å². The number of thiophene rings is 1. The fourth-order valence-corrected chi connectivity index (χ4v) is 1.97. The van der Waals surface area contributed by atoms with Crippen molar-refractivity contribution in [3.63, 3.8) is 0 Å². The summed E-state index contributed by atoms with van der Waals surface area (Å²) < 4.78 is 13.2. The second-order valence-corrected chi connectivity index (χ2v) is 3.63. The summed E-state index contributed by atoms with van der Waals surface area (Å²) in [6.07, 6.45) is 0.620. The van der Waals surface area contributed by atoms with Gasteiger partial charge in [0.1, 0.15) is 12.0 Å². The third kappa shape index (κ3) is 1.29. The van der Waals surface area contributed by atoms with Gasteiger partial charge in [0, 0.05) is 5.56 Å². The number of fused-ring (bicyclic) bond motifs is 1. The van der Waals surface area contributed by atoms with Crippen LogP contribution in [0.1, 0.15) is 10.4 Å². The normalized spacial score (nSPS) is 10.5. The molecule has 0 aliphatic rings. The molecule has 13 heavy (non-hydrogen) atoms. The van der Waals surface area contributed by atoms with E-state index < -0.39 is 0 Å². The lowest BCUT2D eigenvalue weighted by molar-refractivity contribution is 0.112. The summed E-state index contributed by atoms with van der Waals surface area (Å²) in [4.78, 5) is 10.4. The van der Waals surface area contributed by atoms with Crippen LogP contribution in [0.5, 0.6) is 5.75 Å². The number of benzene rings is 1. The van der Waals surface area contributed by atoms with Gasteiger partial charge in [-0.1, -0.05) is 0 Å². The van der Waals surface area contributed by atoms with Crippen molar-refractivity contribution in [3.8, 4) is 5.75 Å². The highest BCUT2D eigenvalue weighted by molar-refractivity contribution is 7.17. The van der Waals surface area contributed by atoms with Crippen molar-refractivity contribution >= 4 is 27.7 Å². The van der Waals surface area contributed by atoms with Gasteiger partial charge in [-0.05, 0) is 23.6 Å². The van der Waals surface area contributed by atoms with Crippen LogP contribution < -0.4 is 0 Å². The maximum Gasteiger partial charge on any atom is 0.177 e. The first-order chi connectivity index (χ1) is 6.20. The molecule has 0 amide bonds. The van der Waals surface area contributed by atoms with Gasteiger partial charge in [0.2, 0.25) is 0 Å². The average molecular weight is 196 g/mol. The van der Waals surface area contributed by atoms with E-state index in [0.29, 0.717) is 21.9 Å². The lowest BCUT2D eigenvalue weighted by Crippen LogP contribution is -1.77. The van der Waals surface area contributed by atoms with Gasteiger partial charge in [0.05, 0.1) is 4.70 Å². The minimum absolute atomic E-state index is 0.0477. The minimum atomic E-state index is -0.367. The van der Waals surface area contributed by atoms with E-state index in [1.807, 2.05) is 0 Å². The van der Waals surface area contributed by atoms with Crippen LogP contribution >= 0.6 is 11.3 Å². The Labute approximate surface area is 77.2 Å². The Morgan fingerprint density at radius 1 is 1.38 bits per heavy atom. The molecule has 0 aliphatic carbocycles. The monoisotopic (exact) mass is 196 g/mol. The van der Waals surface area contributed by atoms with Crippen molar-refractivity contribution in [2.24, 2.45) is 0 Å². The Kier molecular flexibility index (Phi) is 1.77. The third-order valence-corrected chi connectivity index (χ3v) is 2.69. The quantitative estimate of drug-likeness (QED) is 0.711. The zero-order valence-electron chi connectivity index (χ0n) is 6.45. The first-order valence-electron chi connectivity index (χ1n) is 3.58. The number of carbonyl (C=O) groups excluding carboxylic acids is 1. The molecule has 4 heteroatoms. The highest BCUT2D eigenvalue weighted by Gasteiger charge is 2.07. The lowest BCUT2D eigenvalue weighted by Gasteiger charge is -1.95. The second kappa shape index (κ2) is 2.81. The van der Waals surface area contributed by atoms with Crippen LogP contribution in [0.3, 0.4) is 0 Å². The summed E-state index contributed by atoms with van der Waals surface area (Å²) in [7, 11) is 0. The summed E-state index contributed by atoms with van der Waals surface area (Å²) in [5.74, 6) is -0.0477. The van der Waals surface area contributed by atoms with E-state index in [-0.39, 0.29) is 10.9 Å². The Balaban J connectivity index is 2.82. The van der Waals surface area contributed by atoms with Gasteiger partial charge in [0.25, 0.3) is 0 Å². The fourth-order valence-electron chi connectivity index (χ4n) is 1.19. The molecule has 2 rings (SSSR count). The number of hydrogen-bond acceptors (Lipinski definition) is 3. The smallest absolute Gasteiger partial charge is 0.177 e. The molecule has 1 aromatic carbocycles. The van der Waals surface area contributed by atoms with E-state index in [9.17, 15) is 14.3 Å². The van der Waals surface area contributed by atoms with Crippen LogP contribution in [-0.4, -0.2) is 11.4 Å². The third-order valence-electron chi connectivity index (χ3n) is 1.73. The number of rotatable bonds is 1. The molecule has 0 bridgehead atoms. The van der Waals surface area contributed by atoms with Crippen LogP contribution in [-0.2, 0) is 0 Å². The summed E-state index contributed by atoms with van der Waals surface area (Å²) in [6.45, 7) is 0. The van der Waals surface area contributed by atoms with Crippen LogP contribution in [0.15, 0.2) is 18.2 Å². The number of hydrogen-bond donors (Lipinski definition) is 1. The number of carbonyl (C=O) groups is 1. The Hall–Kier alpha value is -1.42. The van der Waals surface area contributed by atoms with E-state index in [4.69, 9.17) is 0 Å². The fraction of sp³-hybridized carbons (Fsp3) is 0. The zero-order chi connectivity index (χ0) is 9.42. The number of halogens is 1. The van der Waals surface area contributed by atoms with Crippen molar-refractivity contribution < 1.29 is 14.3 Å². The summed E-state index contributed by atoms with van der Waals surface area (Å²) >= 11 is 0.865. The molecule has 0 aliphatic heterocycles. The van der Waals surface area contributed by atoms with Crippen molar-refractivity contribution in [2.75, 3.05) is 0 Å². The molecule has 0 saturated carbocycles. The molecule has 0 atom stereocenters. The van der Waals surface area contributed by atoms with Gasteiger partial charge in [-0.15, -0.1) is 11.3 Å². The molecule has 0 fully saturated rings.